The molecule has 1 aliphatic rings. The van der Waals surface area contributed by atoms with E-state index < -0.39 is 0 Å². The topological polar surface area (TPSA) is 41.4 Å². The summed E-state index contributed by atoms with van der Waals surface area (Å²) >= 11 is 6.23. The smallest absolute Gasteiger partial charge is 0.272 e. The Morgan fingerprint density at radius 2 is 1.91 bits per heavy atom. The Bertz CT molecular complexity index is 704. The monoisotopic (exact) mass is 332 g/mol. The average Bonchev–Trinajstić information content (AvgIpc) is 2.96. The van der Waals surface area contributed by atoms with Crippen molar-refractivity contribution in [3.05, 3.63) is 41.0 Å². The van der Waals surface area contributed by atoms with Gasteiger partial charge in [-0.05, 0) is 18.7 Å². The predicted molar refractivity (Wildman–Crippen MR) is 91.7 cm³/mol. The molecule has 1 fully saturated rings. The SMILES string of the molecule is CCN1CCN(C(=O)c2cc(-c3ccccc3Cl)nn2C)CC1. The van der Waals surface area contributed by atoms with Crippen LogP contribution in [0.5, 0.6) is 0 Å². The third-order valence-electron chi connectivity index (χ3n) is 4.36. The van der Waals surface area contributed by atoms with Crippen molar-refractivity contribution in [2.45, 2.75) is 6.92 Å². The fourth-order valence-electron chi connectivity index (χ4n) is 2.90. The third kappa shape index (κ3) is 3.26. The van der Waals surface area contributed by atoms with Crippen LogP contribution < -0.4 is 0 Å². The van der Waals surface area contributed by atoms with E-state index in [1.54, 1.807) is 11.7 Å². The summed E-state index contributed by atoms with van der Waals surface area (Å²) in [6.45, 7) is 6.56. The van der Waals surface area contributed by atoms with Crippen LogP contribution in [0.3, 0.4) is 0 Å². The van der Waals surface area contributed by atoms with E-state index in [1.165, 1.54) is 0 Å². The first-order chi connectivity index (χ1) is 11.1. The molecule has 1 saturated heterocycles. The Hall–Kier alpha value is -1.85. The zero-order valence-electron chi connectivity index (χ0n) is 13.5. The van der Waals surface area contributed by atoms with Gasteiger partial charge in [-0.15, -0.1) is 0 Å². The number of carbonyl (C=O) groups excluding carboxylic acids is 1. The van der Waals surface area contributed by atoms with E-state index in [9.17, 15) is 4.79 Å². The average molecular weight is 333 g/mol. The van der Waals surface area contributed by atoms with Crippen molar-refractivity contribution in [1.29, 1.82) is 0 Å². The summed E-state index contributed by atoms with van der Waals surface area (Å²) < 4.78 is 1.65. The van der Waals surface area contributed by atoms with E-state index in [0.29, 0.717) is 10.7 Å². The fraction of sp³-hybridized carbons (Fsp3) is 0.412. The summed E-state index contributed by atoms with van der Waals surface area (Å²) in [5.74, 6) is 0.0362. The first-order valence-corrected chi connectivity index (χ1v) is 8.28. The van der Waals surface area contributed by atoms with Crippen molar-refractivity contribution in [1.82, 2.24) is 19.6 Å². The molecule has 3 rings (SSSR count). The molecule has 23 heavy (non-hydrogen) atoms. The molecule has 1 aromatic heterocycles. The molecule has 1 amide bonds. The molecule has 1 aliphatic heterocycles. The van der Waals surface area contributed by atoms with Crippen LogP contribution in [-0.4, -0.2) is 58.2 Å². The van der Waals surface area contributed by atoms with Gasteiger partial charge in [0, 0.05) is 38.8 Å². The van der Waals surface area contributed by atoms with E-state index >= 15 is 0 Å². The summed E-state index contributed by atoms with van der Waals surface area (Å²) in [5, 5.41) is 5.10. The van der Waals surface area contributed by atoms with Gasteiger partial charge in [0.25, 0.3) is 5.91 Å². The number of carbonyl (C=O) groups is 1. The minimum Gasteiger partial charge on any atom is -0.335 e. The highest BCUT2D eigenvalue weighted by atomic mass is 35.5. The van der Waals surface area contributed by atoms with Gasteiger partial charge in [0.1, 0.15) is 5.69 Å². The third-order valence-corrected chi connectivity index (χ3v) is 4.69. The number of aryl methyl sites for hydroxylation is 1. The van der Waals surface area contributed by atoms with Crippen molar-refractivity contribution < 1.29 is 4.79 Å². The van der Waals surface area contributed by atoms with Gasteiger partial charge < -0.3 is 9.80 Å². The van der Waals surface area contributed by atoms with Crippen LogP contribution in [0.15, 0.2) is 30.3 Å². The lowest BCUT2D eigenvalue weighted by atomic mass is 10.1. The number of halogens is 1. The van der Waals surface area contributed by atoms with Gasteiger partial charge in [0.2, 0.25) is 0 Å². The van der Waals surface area contributed by atoms with E-state index in [1.807, 2.05) is 35.2 Å². The van der Waals surface area contributed by atoms with E-state index in [-0.39, 0.29) is 5.91 Å². The predicted octanol–water partition coefficient (Wildman–Crippen LogP) is 2.52. The van der Waals surface area contributed by atoms with E-state index in [4.69, 9.17) is 11.6 Å². The molecule has 0 N–H and O–H groups in total. The largest absolute Gasteiger partial charge is 0.335 e. The number of amides is 1. The van der Waals surface area contributed by atoms with E-state index in [0.717, 1.165) is 44.0 Å². The van der Waals surface area contributed by atoms with Crippen molar-refractivity contribution in [3.8, 4) is 11.3 Å². The Labute approximate surface area is 141 Å². The van der Waals surface area contributed by atoms with Gasteiger partial charge >= 0.3 is 0 Å². The van der Waals surface area contributed by atoms with Gasteiger partial charge in [-0.3, -0.25) is 9.48 Å². The highest BCUT2D eigenvalue weighted by Gasteiger charge is 2.24. The van der Waals surface area contributed by atoms with Crippen LogP contribution in [0.2, 0.25) is 5.02 Å². The molecule has 6 heteroatoms. The Morgan fingerprint density at radius 3 is 2.57 bits per heavy atom. The molecule has 5 nitrogen and oxygen atoms in total. The lowest BCUT2D eigenvalue weighted by molar-refractivity contribution is 0.0632. The minimum atomic E-state index is 0.0362. The Balaban J connectivity index is 1.81. The molecule has 0 bridgehead atoms. The highest BCUT2D eigenvalue weighted by Crippen LogP contribution is 2.27. The number of hydrogen-bond donors (Lipinski definition) is 0. The van der Waals surface area contributed by atoms with Crippen LogP contribution in [0, 0.1) is 0 Å². The number of aromatic nitrogens is 2. The van der Waals surface area contributed by atoms with Crippen molar-refractivity contribution >= 4 is 17.5 Å². The number of benzene rings is 1. The minimum absolute atomic E-state index is 0.0362. The molecule has 1 aromatic carbocycles. The normalized spacial score (nSPS) is 15.9. The van der Waals surface area contributed by atoms with Gasteiger partial charge in [0.15, 0.2) is 0 Å². The molecule has 2 aromatic rings. The summed E-state index contributed by atoms with van der Waals surface area (Å²) in [6, 6.07) is 9.38. The first-order valence-electron chi connectivity index (χ1n) is 7.90. The van der Waals surface area contributed by atoms with E-state index in [2.05, 4.69) is 16.9 Å². The molecule has 0 radical (unpaired) electrons. The molecule has 2 heterocycles. The zero-order chi connectivity index (χ0) is 16.4. The summed E-state index contributed by atoms with van der Waals surface area (Å²) in [6.07, 6.45) is 0. The lowest BCUT2D eigenvalue weighted by Gasteiger charge is -2.33. The van der Waals surface area contributed by atoms with Gasteiger partial charge in [0.05, 0.1) is 10.7 Å². The first kappa shape index (κ1) is 16.0. The maximum atomic E-state index is 12.8. The summed E-state index contributed by atoms with van der Waals surface area (Å²) in [4.78, 5) is 17.0. The Kier molecular flexibility index (Phi) is 4.68. The van der Waals surface area contributed by atoms with Crippen molar-refractivity contribution in [2.24, 2.45) is 7.05 Å². The summed E-state index contributed by atoms with van der Waals surface area (Å²) in [7, 11) is 1.80. The quantitative estimate of drug-likeness (QED) is 0.867. The molecular weight excluding hydrogens is 312 g/mol. The second-order valence-electron chi connectivity index (χ2n) is 5.74. The molecular formula is C17H21ClN4O. The number of nitrogens with zero attached hydrogens (tertiary/aromatic N) is 4. The van der Waals surface area contributed by atoms with Crippen molar-refractivity contribution in [3.63, 3.8) is 0 Å². The van der Waals surface area contributed by atoms with Gasteiger partial charge in [-0.2, -0.15) is 5.10 Å². The van der Waals surface area contributed by atoms with Gasteiger partial charge in [-0.25, -0.2) is 0 Å². The molecule has 0 saturated carbocycles. The van der Waals surface area contributed by atoms with Crippen LogP contribution >= 0.6 is 11.6 Å². The lowest BCUT2D eigenvalue weighted by Crippen LogP contribution is -2.48. The standard InChI is InChI=1S/C17H21ClN4O/c1-3-21-8-10-22(11-9-21)17(23)16-12-15(19-20(16)2)13-6-4-5-7-14(13)18/h4-7,12H,3,8-11H2,1-2H3. The van der Waals surface area contributed by atoms with Gasteiger partial charge in [-0.1, -0.05) is 36.7 Å². The van der Waals surface area contributed by atoms with Crippen molar-refractivity contribution in [2.75, 3.05) is 32.7 Å². The molecule has 122 valence electrons. The maximum absolute atomic E-state index is 12.8. The van der Waals surface area contributed by atoms with Crippen LogP contribution in [0.25, 0.3) is 11.3 Å². The molecule has 0 aliphatic carbocycles. The van der Waals surface area contributed by atoms with Crippen LogP contribution in [-0.2, 0) is 7.05 Å². The number of piperazine rings is 1. The highest BCUT2D eigenvalue weighted by molar-refractivity contribution is 6.33. The maximum Gasteiger partial charge on any atom is 0.272 e. The zero-order valence-corrected chi connectivity index (χ0v) is 14.3. The second kappa shape index (κ2) is 6.72. The summed E-state index contributed by atoms with van der Waals surface area (Å²) in [5.41, 5.74) is 2.18. The Morgan fingerprint density at radius 1 is 1.22 bits per heavy atom. The van der Waals surface area contributed by atoms with Crippen LogP contribution in [0.4, 0.5) is 0 Å². The molecule has 0 atom stereocenters. The molecule has 0 spiro atoms. The molecule has 0 unspecified atom stereocenters. The number of hydrogen-bond acceptors (Lipinski definition) is 3. The second-order valence-corrected chi connectivity index (χ2v) is 6.15. The number of rotatable bonds is 3. The fourth-order valence-corrected chi connectivity index (χ4v) is 3.13. The number of likely N-dealkylation sites (N-methyl/N-ethyl adjacent to an activating group) is 1. The van der Waals surface area contributed by atoms with Crippen LogP contribution in [0.1, 0.15) is 17.4 Å².